The van der Waals surface area contributed by atoms with E-state index in [-0.39, 0.29) is 19.5 Å². The van der Waals surface area contributed by atoms with E-state index < -0.39 is 23.2 Å². The van der Waals surface area contributed by atoms with Crippen LogP contribution in [0.3, 0.4) is 0 Å². The number of carbonyl (C=O) groups excluding carboxylic acids is 1. The van der Waals surface area contributed by atoms with Gasteiger partial charge in [0.15, 0.2) is 0 Å². The first-order valence-electron chi connectivity index (χ1n) is 5.41. The second-order valence-electron chi connectivity index (χ2n) is 4.78. The second kappa shape index (κ2) is 3.12. The van der Waals surface area contributed by atoms with Crippen LogP contribution >= 0.6 is 0 Å². The summed E-state index contributed by atoms with van der Waals surface area (Å²) >= 11 is 0. The van der Waals surface area contributed by atoms with Gasteiger partial charge in [0.05, 0.1) is 12.2 Å². The zero-order chi connectivity index (χ0) is 12.2. The van der Waals surface area contributed by atoms with Crippen molar-refractivity contribution >= 4 is 5.91 Å². The number of hydrogen-bond donors (Lipinski definition) is 1. The van der Waals surface area contributed by atoms with E-state index in [9.17, 15) is 18.0 Å². The van der Waals surface area contributed by atoms with Gasteiger partial charge in [-0.05, 0) is 26.2 Å². The lowest BCUT2D eigenvalue weighted by atomic mass is 9.98. The lowest BCUT2D eigenvalue weighted by Crippen LogP contribution is -2.51. The highest BCUT2D eigenvalue weighted by Gasteiger charge is 2.70. The van der Waals surface area contributed by atoms with Crippen LogP contribution in [0.15, 0.2) is 0 Å². The van der Waals surface area contributed by atoms with Crippen LogP contribution in [-0.4, -0.2) is 34.7 Å². The van der Waals surface area contributed by atoms with Crippen molar-refractivity contribution in [3.05, 3.63) is 0 Å². The number of alkyl halides is 3. The average molecular weight is 236 g/mol. The molecule has 1 heterocycles. The van der Waals surface area contributed by atoms with Crippen molar-refractivity contribution in [1.82, 2.24) is 10.2 Å². The first-order valence-corrected chi connectivity index (χ1v) is 5.41. The second-order valence-corrected chi connectivity index (χ2v) is 4.78. The van der Waals surface area contributed by atoms with Crippen LogP contribution in [0.25, 0.3) is 0 Å². The number of rotatable bonds is 2. The molecule has 0 aromatic heterocycles. The topological polar surface area (TPSA) is 32.3 Å². The van der Waals surface area contributed by atoms with E-state index in [0.29, 0.717) is 6.42 Å². The molecule has 0 aromatic rings. The summed E-state index contributed by atoms with van der Waals surface area (Å²) in [6, 6.07) is 0. The number of halogens is 3. The van der Waals surface area contributed by atoms with Crippen molar-refractivity contribution in [2.45, 2.75) is 50.4 Å². The molecule has 0 bridgehead atoms. The standard InChI is InChI=1S/C10H15F3N2O/c1-3-8(2)7(16)15(6-14-8)9(4-5-9)10(11,12)13/h14H,3-6H2,1-2H3. The van der Waals surface area contributed by atoms with Crippen molar-refractivity contribution in [3.8, 4) is 0 Å². The third-order valence-corrected chi connectivity index (χ3v) is 3.82. The van der Waals surface area contributed by atoms with Gasteiger partial charge in [-0.1, -0.05) is 6.92 Å². The molecule has 0 aromatic carbocycles. The summed E-state index contributed by atoms with van der Waals surface area (Å²) in [5.74, 6) is -0.426. The molecule has 1 aliphatic carbocycles. The Morgan fingerprint density at radius 3 is 2.31 bits per heavy atom. The Morgan fingerprint density at radius 2 is 2.00 bits per heavy atom. The molecular formula is C10H15F3N2O. The van der Waals surface area contributed by atoms with Crippen molar-refractivity contribution in [2.75, 3.05) is 6.67 Å². The van der Waals surface area contributed by atoms with Crippen LogP contribution < -0.4 is 5.32 Å². The van der Waals surface area contributed by atoms with Gasteiger partial charge in [-0.2, -0.15) is 13.2 Å². The average Bonchev–Trinajstić information content (AvgIpc) is 2.93. The molecule has 1 atom stereocenters. The molecule has 3 nitrogen and oxygen atoms in total. The van der Waals surface area contributed by atoms with Gasteiger partial charge in [0.2, 0.25) is 5.91 Å². The normalized spacial score (nSPS) is 33.3. The van der Waals surface area contributed by atoms with Gasteiger partial charge in [-0.3, -0.25) is 10.1 Å². The number of amides is 1. The fraction of sp³-hybridized carbons (Fsp3) is 0.900. The molecule has 1 saturated carbocycles. The van der Waals surface area contributed by atoms with Gasteiger partial charge in [0, 0.05) is 0 Å². The highest BCUT2D eigenvalue weighted by molar-refractivity contribution is 5.89. The molecule has 1 amide bonds. The molecular weight excluding hydrogens is 221 g/mol. The van der Waals surface area contributed by atoms with Gasteiger partial charge in [-0.15, -0.1) is 0 Å². The lowest BCUT2D eigenvalue weighted by Gasteiger charge is -2.30. The van der Waals surface area contributed by atoms with E-state index in [1.807, 2.05) is 0 Å². The summed E-state index contributed by atoms with van der Waals surface area (Å²) < 4.78 is 38.6. The Kier molecular flexibility index (Phi) is 2.28. The number of nitrogens with zero attached hydrogens (tertiary/aromatic N) is 1. The van der Waals surface area contributed by atoms with Crippen molar-refractivity contribution < 1.29 is 18.0 Å². The minimum Gasteiger partial charge on any atom is -0.313 e. The van der Waals surface area contributed by atoms with E-state index in [0.717, 1.165) is 4.90 Å². The number of nitrogens with one attached hydrogen (secondary N) is 1. The van der Waals surface area contributed by atoms with Gasteiger partial charge in [0.25, 0.3) is 0 Å². The Hall–Kier alpha value is -0.780. The van der Waals surface area contributed by atoms with E-state index in [2.05, 4.69) is 5.32 Å². The monoisotopic (exact) mass is 236 g/mol. The molecule has 2 rings (SSSR count). The van der Waals surface area contributed by atoms with Gasteiger partial charge >= 0.3 is 6.18 Å². The van der Waals surface area contributed by atoms with Crippen LogP contribution in [0.4, 0.5) is 13.2 Å². The number of hydrogen-bond acceptors (Lipinski definition) is 2. The molecule has 1 saturated heterocycles. The largest absolute Gasteiger partial charge is 0.411 e. The predicted octanol–water partition coefficient (Wildman–Crippen LogP) is 1.64. The molecule has 1 N–H and O–H groups in total. The molecule has 6 heteroatoms. The molecule has 0 spiro atoms. The Morgan fingerprint density at radius 1 is 1.44 bits per heavy atom. The first-order chi connectivity index (χ1) is 7.27. The predicted molar refractivity (Wildman–Crippen MR) is 51.6 cm³/mol. The summed E-state index contributed by atoms with van der Waals surface area (Å²) in [5.41, 5.74) is -2.72. The maximum Gasteiger partial charge on any atom is 0.411 e. The zero-order valence-corrected chi connectivity index (χ0v) is 9.32. The third kappa shape index (κ3) is 1.35. The van der Waals surface area contributed by atoms with Crippen molar-refractivity contribution in [2.24, 2.45) is 0 Å². The smallest absolute Gasteiger partial charge is 0.313 e. The van der Waals surface area contributed by atoms with E-state index in [1.165, 1.54) is 0 Å². The maximum atomic E-state index is 12.9. The summed E-state index contributed by atoms with van der Waals surface area (Å²) in [5, 5.41) is 2.88. The maximum absolute atomic E-state index is 12.9. The van der Waals surface area contributed by atoms with Crippen LogP contribution in [0.5, 0.6) is 0 Å². The van der Waals surface area contributed by atoms with Crippen LogP contribution in [0, 0.1) is 0 Å². The zero-order valence-electron chi connectivity index (χ0n) is 9.32. The summed E-state index contributed by atoms with van der Waals surface area (Å²) in [6.45, 7) is 3.45. The summed E-state index contributed by atoms with van der Waals surface area (Å²) in [4.78, 5) is 12.9. The molecule has 2 fully saturated rings. The Labute approximate surface area is 92.0 Å². The minimum absolute atomic E-state index is 0.00266. The van der Waals surface area contributed by atoms with Crippen molar-refractivity contribution in [1.29, 1.82) is 0 Å². The lowest BCUT2D eigenvalue weighted by molar-refractivity contribution is -0.197. The third-order valence-electron chi connectivity index (χ3n) is 3.82. The molecule has 16 heavy (non-hydrogen) atoms. The van der Waals surface area contributed by atoms with E-state index in [4.69, 9.17) is 0 Å². The van der Waals surface area contributed by atoms with Crippen LogP contribution in [0.1, 0.15) is 33.1 Å². The quantitative estimate of drug-likeness (QED) is 0.790. The molecule has 2 aliphatic rings. The summed E-state index contributed by atoms with van der Waals surface area (Å²) in [6.07, 6.45) is -3.76. The van der Waals surface area contributed by atoms with Crippen molar-refractivity contribution in [3.63, 3.8) is 0 Å². The fourth-order valence-corrected chi connectivity index (χ4v) is 2.15. The van der Waals surface area contributed by atoms with E-state index in [1.54, 1.807) is 13.8 Å². The Balaban J connectivity index is 2.23. The molecule has 1 aliphatic heterocycles. The van der Waals surface area contributed by atoms with Gasteiger partial charge in [-0.25, -0.2) is 0 Å². The molecule has 1 unspecified atom stereocenters. The van der Waals surface area contributed by atoms with Crippen LogP contribution in [-0.2, 0) is 4.79 Å². The van der Waals surface area contributed by atoms with Crippen LogP contribution in [0.2, 0.25) is 0 Å². The van der Waals surface area contributed by atoms with E-state index >= 15 is 0 Å². The SMILES string of the molecule is CCC1(C)NCN(C2(C(F)(F)F)CC2)C1=O. The van der Waals surface area contributed by atoms with Gasteiger partial charge in [0.1, 0.15) is 5.54 Å². The highest BCUT2D eigenvalue weighted by Crippen LogP contribution is 2.54. The fourth-order valence-electron chi connectivity index (χ4n) is 2.15. The first kappa shape index (κ1) is 11.7. The summed E-state index contributed by atoms with van der Waals surface area (Å²) in [7, 11) is 0. The Bertz CT molecular complexity index is 325. The number of carbonyl (C=O) groups is 1. The highest BCUT2D eigenvalue weighted by atomic mass is 19.4. The minimum atomic E-state index is -4.32. The molecule has 0 radical (unpaired) electrons. The molecule has 92 valence electrons. The van der Waals surface area contributed by atoms with Gasteiger partial charge < -0.3 is 4.90 Å².